The first-order chi connectivity index (χ1) is 8.08. The van der Waals surface area contributed by atoms with Gasteiger partial charge in [-0.15, -0.1) is 33.2 Å². The number of rotatable bonds is 9. The standard InChI is InChI=1S/C12H27N.Cl3HSi/c1-4-7-10-13(11-8-5-2)12-9-6-3;1-4(2)3/h4-12H2,1-3H3;4H. The van der Waals surface area contributed by atoms with Crippen molar-refractivity contribution < 1.29 is 0 Å². The van der Waals surface area contributed by atoms with E-state index in [9.17, 15) is 0 Å². The van der Waals surface area contributed by atoms with E-state index in [0.29, 0.717) is 0 Å². The number of hydrogen-bond donors (Lipinski definition) is 0. The zero-order chi connectivity index (χ0) is 13.5. The minimum Gasteiger partial charge on any atom is -0.303 e. The summed E-state index contributed by atoms with van der Waals surface area (Å²) in [4.78, 5) is 2.64. The van der Waals surface area contributed by atoms with E-state index in [1.807, 2.05) is 0 Å². The molecule has 0 bridgehead atoms. The van der Waals surface area contributed by atoms with Gasteiger partial charge in [0.25, 0.3) is 0 Å². The topological polar surface area (TPSA) is 3.24 Å². The van der Waals surface area contributed by atoms with Gasteiger partial charge >= 0.3 is 6.73 Å². The summed E-state index contributed by atoms with van der Waals surface area (Å²) in [6, 6.07) is 0. The Morgan fingerprint density at radius 3 is 1.12 bits per heavy atom. The van der Waals surface area contributed by atoms with Crippen molar-refractivity contribution in [2.24, 2.45) is 0 Å². The summed E-state index contributed by atoms with van der Waals surface area (Å²) in [6.45, 7) is 9.05. The molecule has 0 spiro atoms. The van der Waals surface area contributed by atoms with Gasteiger partial charge in [-0.3, -0.25) is 0 Å². The molecule has 0 aromatic carbocycles. The summed E-state index contributed by atoms with van der Waals surface area (Å²) in [6.07, 6.45) is 8.09. The van der Waals surface area contributed by atoms with Crippen LogP contribution in [0, 0.1) is 0 Å². The minimum atomic E-state index is -1.72. The van der Waals surface area contributed by atoms with Crippen LogP contribution in [-0.2, 0) is 0 Å². The summed E-state index contributed by atoms with van der Waals surface area (Å²) in [5, 5.41) is 0. The van der Waals surface area contributed by atoms with Gasteiger partial charge in [-0.25, -0.2) is 0 Å². The monoisotopic (exact) mass is 319 g/mol. The largest absolute Gasteiger partial charge is 0.326 e. The van der Waals surface area contributed by atoms with Crippen LogP contribution in [0.25, 0.3) is 0 Å². The molecule has 5 heteroatoms. The highest BCUT2D eigenvalue weighted by Crippen LogP contribution is 2.01. The second-order valence-electron chi connectivity index (χ2n) is 4.15. The van der Waals surface area contributed by atoms with Crippen LogP contribution in [0.3, 0.4) is 0 Å². The number of hydrogen-bond acceptors (Lipinski definition) is 1. The zero-order valence-corrected chi connectivity index (χ0v) is 14.9. The van der Waals surface area contributed by atoms with Crippen molar-refractivity contribution in [1.82, 2.24) is 4.90 Å². The van der Waals surface area contributed by atoms with E-state index in [1.54, 1.807) is 0 Å². The molecular weight excluding hydrogens is 293 g/mol. The molecule has 0 atom stereocenters. The predicted octanol–water partition coefficient (Wildman–Crippen LogP) is 5.11. The van der Waals surface area contributed by atoms with Gasteiger partial charge < -0.3 is 4.90 Å². The summed E-state index contributed by atoms with van der Waals surface area (Å²) >= 11 is 14.8. The lowest BCUT2D eigenvalue weighted by atomic mass is 10.2. The summed E-state index contributed by atoms with van der Waals surface area (Å²) in [7, 11) is 0. The molecule has 0 aliphatic rings. The summed E-state index contributed by atoms with van der Waals surface area (Å²) < 4.78 is 0. The Bertz CT molecular complexity index is 115. The molecular formula is C12H28Cl3NSi. The van der Waals surface area contributed by atoms with Crippen molar-refractivity contribution in [2.45, 2.75) is 59.3 Å². The molecule has 106 valence electrons. The fourth-order valence-electron chi connectivity index (χ4n) is 1.48. The number of unbranched alkanes of at least 4 members (excludes halogenated alkanes) is 3. The molecule has 0 N–H and O–H groups in total. The maximum absolute atomic E-state index is 4.94. The molecule has 0 rings (SSSR count). The second kappa shape index (κ2) is 17.0. The van der Waals surface area contributed by atoms with E-state index in [2.05, 4.69) is 25.7 Å². The first-order valence-corrected chi connectivity index (χ1v) is 12.0. The molecule has 0 aliphatic carbocycles. The normalized spacial score (nSPS) is 10.6. The van der Waals surface area contributed by atoms with Crippen molar-refractivity contribution in [3.05, 3.63) is 0 Å². The number of nitrogens with zero attached hydrogens (tertiary/aromatic N) is 1. The molecule has 0 aromatic heterocycles. The summed E-state index contributed by atoms with van der Waals surface area (Å²) in [5.74, 6) is 0. The van der Waals surface area contributed by atoms with Gasteiger partial charge in [0.1, 0.15) is 0 Å². The Balaban J connectivity index is 0. The van der Waals surface area contributed by atoms with Gasteiger partial charge in [-0.05, 0) is 38.9 Å². The van der Waals surface area contributed by atoms with E-state index in [0.717, 1.165) is 0 Å². The van der Waals surface area contributed by atoms with Gasteiger partial charge in [0.15, 0.2) is 0 Å². The molecule has 0 saturated heterocycles. The van der Waals surface area contributed by atoms with Crippen LogP contribution in [-0.4, -0.2) is 31.3 Å². The predicted molar refractivity (Wildman–Crippen MR) is 85.9 cm³/mol. The van der Waals surface area contributed by atoms with Crippen molar-refractivity contribution in [3.8, 4) is 0 Å². The van der Waals surface area contributed by atoms with Crippen LogP contribution in [0.1, 0.15) is 59.3 Å². The molecule has 17 heavy (non-hydrogen) atoms. The quantitative estimate of drug-likeness (QED) is 0.421. The third kappa shape index (κ3) is 22.7. The molecule has 0 fully saturated rings. The van der Waals surface area contributed by atoms with Gasteiger partial charge in [-0.2, -0.15) is 0 Å². The van der Waals surface area contributed by atoms with Crippen LogP contribution < -0.4 is 0 Å². The van der Waals surface area contributed by atoms with E-state index in [-0.39, 0.29) is 0 Å². The molecule has 0 aromatic rings. The lowest BCUT2D eigenvalue weighted by Crippen LogP contribution is -2.27. The zero-order valence-electron chi connectivity index (χ0n) is 11.5. The second-order valence-corrected chi connectivity index (χ2v) is 10.6. The van der Waals surface area contributed by atoms with Crippen LogP contribution in [0.5, 0.6) is 0 Å². The van der Waals surface area contributed by atoms with Crippen LogP contribution in [0.4, 0.5) is 0 Å². The Morgan fingerprint density at radius 1 is 0.706 bits per heavy atom. The summed E-state index contributed by atoms with van der Waals surface area (Å²) in [5.41, 5.74) is 0. The highest BCUT2D eigenvalue weighted by atomic mass is 35.8. The molecule has 1 nitrogen and oxygen atoms in total. The molecule has 0 radical (unpaired) electrons. The van der Waals surface area contributed by atoms with Crippen molar-refractivity contribution in [1.29, 1.82) is 0 Å². The van der Waals surface area contributed by atoms with Crippen molar-refractivity contribution in [3.63, 3.8) is 0 Å². The van der Waals surface area contributed by atoms with Crippen LogP contribution >= 0.6 is 33.2 Å². The smallest absolute Gasteiger partial charge is 0.303 e. The maximum atomic E-state index is 4.94. The third-order valence-corrected chi connectivity index (χ3v) is 2.48. The average Bonchev–Trinajstić information content (AvgIpc) is 2.27. The van der Waals surface area contributed by atoms with E-state index in [4.69, 9.17) is 33.2 Å². The Kier molecular flexibility index (Phi) is 20.4. The number of halogens is 3. The molecule has 0 amide bonds. The molecule has 0 heterocycles. The Morgan fingerprint density at radius 2 is 0.941 bits per heavy atom. The minimum absolute atomic E-state index is 1.32. The van der Waals surface area contributed by atoms with Gasteiger partial charge in [0.05, 0.1) is 0 Å². The maximum Gasteiger partial charge on any atom is 0.326 e. The first-order valence-electron chi connectivity index (χ1n) is 6.72. The van der Waals surface area contributed by atoms with Crippen molar-refractivity contribution >= 4 is 40.0 Å². The third-order valence-electron chi connectivity index (χ3n) is 2.48. The van der Waals surface area contributed by atoms with Crippen LogP contribution in [0.15, 0.2) is 0 Å². The molecule has 0 saturated carbocycles. The molecule has 0 aliphatic heterocycles. The Hall–Kier alpha value is 1.05. The highest BCUT2D eigenvalue weighted by molar-refractivity contribution is 7.54. The van der Waals surface area contributed by atoms with Gasteiger partial charge in [0.2, 0.25) is 0 Å². The molecule has 0 unspecified atom stereocenters. The lowest BCUT2D eigenvalue weighted by molar-refractivity contribution is 0.261. The first kappa shape index (κ1) is 20.4. The fraction of sp³-hybridized carbons (Fsp3) is 1.00. The van der Waals surface area contributed by atoms with Crippen LogP contribution in [0.2, 0.25) is 0 Å². The average molecular weight is 321 g/mol. The van der Waals surface area contributed by atoms with E-state index < -0.39 is 6.73 Å². The van der Waals surface area contributed by atoms with Gasteiger partial charge in [0, 0.05) is 0 Å². The SMILES string of the molecule is CCCCN(CCCC)CCCC.Cl[SiH](Cl)Cl. The highest BCUT2D eigenvalue weighted by Gasteiger charge is 2.01. The van der Waals surface area contributed by atoms with Crippen molar-refractivity contribution in [2.75, 3.05) is 19.6 Å². The fourth-order valence-corrected chi connectivity index (χ4v) is 1.48. The lowest BCUT2D eigenvalue weighted by Gasteiger charge is -2.21. The van der Waals surface area contributed by atoms with Gasteiger partial charge in [-0.1, -0.05) is 40.0 Å². The van der Waals surface area contributed by atoms with E-state index in [1.165, 1.54) is 58.2 Å². The van der Waals surface area contributed by atoms with E-state index >= 15 is 0 Å². The Labute approximate surface area is 124 Å².